The van der Waals surface area contributed by atoms with E-state index >= 15 is 0 Å². The number of thioether (sulfide) groups is 1. The first kappa shape index (κ1) is 17.5. The van der Waals surface area contributed by atoms with Crippen molar-refractivity contribution in [1.29, 1.82) is 5.26 Å². The Morgan fingerprint density at radius 2 is 2.04 bits per heavy atom. The molecular formula is C17H15N3O3S. The van der Waals surface area contributed by atoms with E-state index in [0.717, 1.165) is 10.5 Å². The van der Waals surface area contributed by atoms with E-state index in [1.165, 1.54) is 23.9 Å². The van der Waals surface area contributed by atoms with Crippen molar-refractivity contribution in [3.63, 3.8) is 0 Å². The third-order valence-corrected chi connectivity index (χ3v) is 4.36. The number of nitrogens with zero attached hydrogens (tertiary/aromatic N) is 2. The largest absolute Gasteiger partial charge is 0.351 e. The average Bonchev–Trinajstić information content (AvgIpc) is 2.60. The Kier molecular flexibility index (Phi) is 5.93. The molecule has 0 bridgehead atoms. The van der Waals surface area contributed by atoms with Gasteiger partial charge >= 0.3 is 0 Å². The molecule has 0 aliphatic carbocycles. The minimum Gasteiger partial charge on any atom is -0.351 e. The van der Waals surface area contributed by atoms with E-state index in [9.17, 15) is 14.9 Å². The molecule has 0 saturated carbocycles. The molecule has 24 heavy (non-hydrogen) atoms. The molecule has 2 rings (SSSR count). The van der Waals surface area contributed by atoms with Crippen molar-refractivity contribution in [1.82, 2.24) is 5.32 Å². The summed E-state index contributed by atoms with van der Waals surface area (Å²) >= 11 is 1.33. The van der Waals surface area contributed by atoms with Crippen molar-refractivity contribution in [2.24, 2.45) is 0 Å². The molecule has 7 heteroatoms. The topological polar surface area (TPSA) is 96.0 Å². The van der Waals surface area contributed by atoms with Crippen molar-refractivity contribution in [3.05, 3.63) is 69.8 Å². The second kappa shape index (κ2) is 8.13. The molecule has 2 aromatic carbocycles. The molecule has 0 radical (unpaired) electrons. The van der Waals surface area contributed by atoms with E-state index in [2.05, 4.69) is 11.4 Å². The normalized spacial score (nSPS) is 11.3. The lowest BCUT2D eigenvalue weighted by Gasteiger charge is -2.12. The first-order valence-electron chi connectivity index (χ1n) is 7.17. The minimum atomic E-state index is -0.458. The van der Waals surface area contributed by atoms with Gasteiger partial charge in [0.2, 0.25) is 5.91 Å². The van der Waals surface area contributed by atoms with Crippen LogP contribution in [0, 0.1) is 21.4 Å². The molecule has 122 valence electrons. The molecule has 0 spiro atoms. The van der Waals surface area contributed by atoms with Crippen LogP contribution < -0.4 is 5.32 Å². The first-order chi connectivity index (χ1) is 11.5. The van der Waals surface area contributed by atoms with Gasteiger partial charge in [0.1, 0.15) is 0 Å². The molecule has 0 saturated heterocycles. The van der Waals surface area contributed by atoms with Crippen molar-refractivity contribution in [3.8, 4) is 6.07 Å². The van der Waals surface area contributed by atoms with Crippen LogP contribution in [-0.4, -0.2) is 16.1 Å². The van der Waals surface area contributed by atoms with Gasteiger partial charge < -0.3 is 5.32 Å². The van der Waals surface area contributed by atoms with Gasteiger partial charge in [-0.25, -0.2) is 0 Å². The summed E-state index contributed by atoms with van der Waals surface area (Å²) in [5.74, 6) is -0.138. The smallest absolute Gasteiger partial charge is 0.269 e. The van der Waals surface area contributed by atoms with Gasteiger partial charge in [0, 0.05) is 23.6 Å². The maximum atomic E-state index is 12.1. The quantitative estimate of drug-likeness (QED) is 0.494. The van der Waals surface area contributed by atoms with E-state index in [1.54, 1.807) is 37.3 Å². The van der Waals surface area contributed by atoms with Crippen molar-refractivity contribution in [2.45, 2.75) is 23.6 Å². The molecule has 1 amide bonds. The SMILES string of the molecule is CC(Sc1ccc([N+](=O)[O-])cc1)C(=O)NCc1cccc(C#N)c1. The standard InChI is InChI=1S/C17H15N3O3S/c1-12(24-16-7-5-15(6-8-16)20(22)23)17(21)19-11-14-4-2-3-13(9-14)10-18/h2-9,12H,11H2,1H3,(H,19,21). The van der Waals surface area contributed by atoms with Crippen molar-refractivity contribution < 1.29 is 9.72 Å². The van der Waals surface area contributed by atoms with Gasteiger partial charge in [0.25, 0.3) is 5.69 Å². The number of benzene rings is 2. The van der Waals surface area contributed by atoms with E-state index in [-0.39, 0.29) is 16.8 Å². The van der Waals surface area contributed by atoms with Gasteiger partial charge in [0.15, 0.2) is 0 Å². The Bertz CT molecular complexity index is 784. The van der Waals surface area contributed by atoms with E-state index in [4.69, 9.17) is 5.26 Å². The Labute approximate surface area is 143 Å². The molecule has 0 heterocycles. The third kappa shape index (κ3) is 4.83. The van der Waals surface area contributed by atoms with Gasteiger partial charge in [-0.3, -0.25) is 14.9 Å². The van der Waals surface area contributed by atoms with Crippen molar-refractivity contribution in [2.75, 3.05) is 0 Å². The summed E-state index contributed by atoms with van der Waals surface area (Å²) < 4.78 is 0. The lowest BCUT2D eigenvalue weighted by molar-refractivity contribution is -0.384. The van der Waals surface area contributed by atoms with Crippen LogP contribution in [0.5, 0.6) is 0 Å². The number of nitro benzene ring substituents is 1. The second-order valence-electron chi connectivity index (χ2n) is 5.04. The lowest BCUT2D eigenvalue weighted by Crippen LogP contribution is -2.30. The average molecular weight is 341 g/mol. The van der Waals surface area contributed by atoms with Crippen LogP contribution in [0.3, 0.4) is 0 Å². The molecule has 1 atom stereocenters. The summed E-state index contributed by atoms with van der Waals surface area (Å²) in [7, 11) is 0. The molecule has 1 unspecified atom stereocenters. The van der Waals surface area contributed by atoms with Gasteiger partial charge in [-0.2, -0.15) is 5.26 Å². The van der Waals surface area contributed by atoms with E-state index in [0.29, 0.717) is 12.1 Å². The van der Waals surface area contributed by atoms with Crippen molar-refractivity contribution >= 4 is 23.4 Å². The van der Waals surface area contributed by atoms with Crippen LogP contribution in [0.25, 0.3) is 0 Å². The minimum absolute atomic E-state index is 0.0221. The van der Waals surface area contributed by atoms with Gasteiger partial charge in [-0.1, -0.05) is 12.1 Å². The van der Waals surface area contributed by atoms with Crippen LogP contribution in [0.4, 0.5) is 5.69 Å². The van der Waals surface area contributed by atoms with Crippen LogP contribution >= 0.6 is 11.8 Å². The van der Waals surface area contributed by atoms with Crippen LogP contribution in [0.1, 0.15) is 18.1 Å². The zero-order valence-electron chi connectivity index (χ0n) is 12.9. The van der Waals surface area contributed by atoms with Crippen LogP contribution in [0.2, 0.25) is 0 Å². The van der Waals surface area contributed by atoms with Gasteiger partial charge in [-0.15, -0.1) is 11.8 Å². The number of amides is 1. The zero-order chi connectivity index (χ0) is 17.5. The molecule has 0 aliphatic rings. The molecule has 0 aliphatic heterocycles. The van der Waals surface area contributed by atoms with Crippen LogP contribution in [-0.2, 0) is 11.3 Å². The van der Waals surface area contributed by atoms with E-state index in [1.807, 2.05) is 6.07 Å². The summed E-state index contributed by atoms with van der Waals surface area (Å²) in [6.45, 7) is 2.12. The first-order valence-corrected chi connectivity index (χ1v) is 8.05. The molecule has 6 nitrogen and oxygen atoms in total. The maximum absolute atomic E-state index is 12.1. The lowest BCUT2D eigenvalue weighted by atomic mass is 10.1. The maximum Gasteiger partial charge on any atom is 0.269 e. The highest BCUT2D eigenvalue weighted by Gasteiger charge is 2.15. The highest BCUT2D eigenvalue weighted by atomic mass is 32.2. The fourth-order valence-electron chi connectivity index (χ4n) is 1.99. The summed E-state index contributed by atoms with van der Waals surface area (Å²) in [6, 6.07) is 15.2. The summed E-state index contributed by atoms with van der Waals surface area (Å²) in [4.78, 5) is 23.1. The third-order valence-electron chi connectivity index (χ3n) is 3.25. The number of carbonyl (C=O) groups excluding carboxylic acids is 1. The molecule has 1 N–H and O–H groups in total. The predicted molar refractivity (Wildman–Crippen MR) is 91.4 cm³/mol. The number of hydrogen-bond donors (Lipinski definition) is 1. The number of nitrogens with one attached hydrogen (secondary N) is 1. The number of non-ortho nitro benzene ring substituents is 1. The Hall–Kier alpha value is -2.85. The number of carbonyl (C=O) groups is 1. The summed E-state index contributed by atoms with van der Waals surface area (Å²) in [5.41, 5.74) is 1.43. The Morgan fingerprint density at radius 3 is 2.67 bits per heavy atom. The number of rotatable bonds is 6. The summed E-state index contributed by atoms with van der Waals surface area (Å²) in [5, 5.41) is 22.0. The molecule has 0 aromatic heterocycles. The predicted octanol–water partition coefficient (Wildman–Crippen LogP) is 3.26. The number of nitro groups is 1. The second-order valence-corrected chi connectivity index (χ2v) is 6.46. The molecule has 2 aromatic rings. The van der Waals surface area contributed by atoms with E-state index < -0.39 is 4.92 Å². The molecule has 0 fully saturated rings. The molecular weight excluding hydrogens is 326 g/mol. The van der Waals surface area contributed by atoms with Gasteiger partial charge in [0.05, 0.1) is 21.8 Å². The fourth-order valence-corrected chi connectivity index (χ4v) is 2.88. The zero-order valence-corrected chi connectivity index (χ0v) is 13.7. The number of hydrogen-bond acceptors (Lipinski definition) is 5. The van der Waals surface area contributed by atoms with Crippen LogP contribution in [0.15, 0.2) is 53.4 Å². The van der Waals surface area contributed by atoms with Gasteiger partial charge in [-0.05, 0) is 36.8 Å². The highest BCUT2D eigenvalue weighted by molar-refractivity contribution is 8.00. The summed E-state index contributed by atoms with van der Waals surface area (Å²) in [6.07, 6.45) is 0. The number of nitriles is 1. The monoisotopic (exact) mass is 341 g/mol. The highest BCUT2D eigenvalue weighted by Crippen LogP contribution is 2.25. The fraction of sp³-hybridized carbons (Fsp3) is 0.176. The Morgan fingerprint density at radius 1 is 1.33 bits per heavy atom. The Balaban J connectivity index is 1.89.